The van der Waals surface area contributed by atoms with Crippen LogP contribution in [0.1, 0.15) is 38.9 Å². The van der Waals surface area contributed by atoms with Crippen molar-refractivity contribution >= 4 is 29.9 Å². The molecule has 2 N–H and O–H groups in total. The molecule has 0 aromatic carbocycles. The molecule has 1 aromatic rings. The van der Waals surface area contributed by atoms with Crippen LogP contribution >= 0.6 is 24.0 Å². The van der Waals surface area contributed by atoms with Crippen molar-refractivity contribution in [2.24, 2.45) is 4.99 Å². The van der Waals surface area contributed by atoms with E-state index in [1.165, 1.54) is 12.8 Å². The van der Waals surface area contributed by atoms with Crippen LogP contribution in [0, 0.1) is 0 Å². The molecule has 1 saturated heterocycles. The van der Waals surface area contributed by atoms with Gasteiger partial charge in [-0.25, -0.2) is 0 Å². The quantitative estimate of drug-likeness (QED) is 0.421. The summed E-state index contributed by atoms with van der Waals surface area (Å²) in [6.45, 7) is 6.63. The summed E-state index contributed by atoms with van der Waals surface area (Å²) < 4.78 is 11.1. The second kappa shape index (κ2) is 10.9. The fourth-order valence-electron chi connectivity index (χ4n) is 2.33. The molecule has 0 bridgehead atoms. The van der Waals surface area contributed by atoms with Crippen LogP contribution in [-0.2, 0) is 11.2 Å². The smallest absolute Gasteiger partial charge is 0.191 e. The zero-order chi connectivity index (χ0) is 14.9. The summed E-state index contributed by atoms with van der Waals surface area (Å²) in [6, 6.07) is 4.26. The first kappa shape index (κ1) is 19.3. The number of guanidine groups is 1. The molecule has 0 radical (unpaired) electrons. The SMILES string of the molecule is CC(C)NC(=NCC1CCCCO1)NCCc1ccco1.I. The Hall–Kier alpha value is -0.760. The van der Waals surface area contributed by atoms with E-state index in [4.69, 9.17) is 9.15 Å². The Bertz CT molecular complexity index is 415. The third kappa shape index (κ3) is 7.49. The molecule has 126 valence electrons. The Morgan fingerprint density at radius 1 is 1.41 bits per heavy atom. The van der Waals surface area contributed by atoms with Gasteiger partial charge in [0.2, 0.25) is 0 Å². The first-order valence-electron chi connectivity index (χ1n) is 7.93. The topological polar surface area (TPSA) is 58.8 Å². The summed E-state index contributed by atoms with van der Waals surface area (Å²) in [7, 11) is 0. The van der Waals surface area contributed by atoms with Crippen LogP contribution in [-0.4, -0.2) is 37.8 Å². The molecule has 5 nitrogen and oxygen atoms in total. The molecule has 1 aliphatic rings. The highest BCUT2D eigenvalue weighted by atomic mass is 127. The monoisotopic (exact) mass is 421 g/mol. The maximum absolute atomic E-state index is 5.72. The van der Waals surface area contributed by atoms with E-state index >= 15 is 0 Å². The van der Waals surface area contributed by atoms with Crippen LogP contribution in [0.4, 0.5) is 0 Å². The molecule has 1 unspecified atom stereocenters. The van der Waals surface area contributed by atoms with E-state index in [0.717, 1.165) is 44.3 Å². The predicted molar refractivity (Wildman–Crippen MR) is 100.0 cm³/mol. The summed E-state index contributed by atoms with van der Waals surface area (Å²) in [5.41, 5.74) is 0. The third-order valence-corrected chi connectivity index (χ3v) is 3.40. The molecular formula is C16H28IN3O2. The fourth-order valence-corrected chi connectivity index (χ4v) is 2.33. The van der Waals surface area contributed by atoms with Gasteiger partial charge < -0.3 is 19.8 Å². The second-order valence-electron chi connectivity index (χ2n) is 5.73. The van der Waals surface area contributed by atoms with E-state index in [1.807, 2.05) is 12.1 Å². The Labute approximate surface area is 150 Å². The third-order valence-electron chi connectivity index (χ3n) is 3.40. The molecule has 1 aromatic heterocycles. The molecule has 6 heteroatoms. The minimum Gasteiger partial charge on any atom is -0.469 e. The fraction of sp³-hybridized carbons (Fsp3) is 0.688. The van der Waals surface area contributed by atoms with Gasteiger partial charge in [0, 0.05) is 25.6 Å². The van der Waals surface area contributed by atoms with Crippen LogP contribution in [0.5, 0.6) is 0 Å². The van der Waals surface area contributed by atoms with Gasteiger partial charge in [-0.1, -0.05) is 0 Å². The Kier molecular flexibility index (Phi) is 9.54. The summed E-state index contributed by atoms with van der Waals surface area (Å²) in [5, 5.41) is 6.70. The van der Waals surface area contributed by atoms with E-state index in [9.17, 15) is 0 Å². The molecular weight excluding hydrogens is 393 g/mol. The van der Waals surface area contributed by atoms with Crippen LogP contribution in [0.2, 0.25) is 0 Å². The summed E-state index contributed by atoms with van der Waals surface area (Å²) in [4.78, 5) is 4.65. The van der Waals surface area contributed by atoms with Gasteiger partial charge in [0.25, 0.3) is 0 Å². The summed E-state index contributed by atoms with van der Waals surface area (Å²) in [5.74, 6) is 1.84. The van der Waals surface area contributed by atoms with Crippen molar-refractivity contribution in [2.75, 3.05) is 19.7 Å². The molecule has 2 heterocycles. The van der Waals surface area contributed by atoms with Crippen molar-refractivity contribution in [3.63, 3.8) is 0 Å². The number of rotatable bonds is 6. The van der Waals surface area contributed by atoms with Crippen molar-refractivity contribution in [3.8, 4) is 0 Å². The number of halogens is 1. The van der Waals surface area contributed by atoms with Gasteiger partial charge in [0.05, 0.1) is 18.9 Å². The second-order valence-corrected chi connectivity index (χ2v) is 5.73. The largest absolute Gasteiger partial charge is 0.469 e. The van der Waals surface area contributed by atoms with Crippen molar-refractivity contribution in [3.05, 3.63) is 24.2 Å². The van der Waals surface area contributed by atoms with E-state index in [0.29, 0.717) is 6.04 Å². The molecule has 1 aliphatic heterocycles. The molecule has 0 amide bonds. The molecule has 1 fully saturated rings. The Morgan fingerprint density at radius 2 is 2.27 bits per heavy atom. The minimum atomic E-state index is 0. The number of aliphatic imine (C=N–C) groups is 1. The summed E-state index contributed by atoms with van der Waals surface area (Å²) in [6.07, 6.45) is 6.38. The van der Waals surface area contributed by atoms with E-state index in [2.05, 4.69) is 29.5 Å². The van der Waals surface area contributed by atoms with Crippen LogP contribution in [0.25, 0.3) is 0 Å². The van der Waals surface area contributed by atoms with Gasteiger partial charge in [0.15, 0.2) is 5.96 Å². The normalized spacial score (nSPS) is 18.9. The van der Waals surface area contributed by atoms with Gasteiger partial charge in [-0.05, 0) is 45.2 Å². The lowest BCUT2D eigenvalue weighted by Gasteiger charge is -2.22. The molecule has 0 spiro atoms. The van der Waals surface area contributed by atoms with Crippen molar-refractivity contribution in [1.29, 1.82) is 0 Å². The first-order chi connectivity index (χ1) is 10.2. The van der Waals surface area contributed by atoms with Crippen molar-refractivity contribution in [1.82, 2.24) is 10.6 Å². The van der Waals surface area contributed by atoms with E-state index < -0.39 is 0 Å². The maximum atomic E-state index is 5.72. The molecule has 1 atom stereocenters. The number of ether oxygens (including phenoxy) is 1. The van der Waals surface area contributed by atoms with Gasteiger partial charge in [0.1, 0.15) is 5.76 Å². The molecule has 0 aliphatic carbocycles. The van der Waals surface area contributed by atoms with Gasteiger partial charge >= 0.3 is 0 Å². The highest BCUT2D eigenvalue weighted by Gasteiger charge is 2.13. The lowest BCUT2D eigenvalue weighted by Crippen LogP contribution is -2.42. The van der Waals surface area contributed by atoms with E-state index in [1.54, 1.807) is 6.26 Å². The number of hydrogen-bond donors (Lipinski definition) is 2. The van der Waals surface area contributed by atoms with Gasteiger partial charge in [-0.2, -0.15) is 0 Å². The number of furan rings is 1. The average molecular weight is 421 g/mol. The summed E-state index contributed by atoms with van der Waals surface area (Å²) >= 11 is 0. The van der Waals surface area contributed by atoms with Crippen LogP contribution < -0.4 is 10.6 Å². The zero-order valence-corrected chi connectivity index (χ0v) is 15.8. The van der Waals surface area contributed by atoms with Crippen molar-refractivity contribution < 1.29 is 9.15 Å². The van der Waals surface area contributed by atoms with Crippen LogP contribution in [0.3, 0.4) is 0 Å². The average Bonchev–Trinajstić information content (AvgIpc) is 2.98. The highest BCUT2D eigenvalue weighted by Crippen LogP contribution is 2.12. The lowest BCUT2D eigenvalue weighted by atomic mass is 10.1. The van der Waals surface area contributed by atoms with Crippen molar-refractivity contribution in [2.45, 2.75) is 51.7 Å². The standard InChI is InChI=1S/C16H27N3O2.HI/c1-13(2)19-16(17-9-8-14-7-5-11-20-14)18-12-15-6-3-4-10-21-15;/h5,7,11,13,15H,3-4,6,8-10,12H2,1-2H3,(H2,17,18,19);1H. The lowest BCUT2D eigenvalue weighted by molar-refractivity contribution is 0.0224. The molecule has 2 rings (SSSR count). The highest BCUT2D eigenvalue weighted by molar-refractivity contribution is 14.0. The zero-order valence-electron chi connectivity index (χ0n) is 13.5. The molecule has 22 heavy (non-hydrogen) atoms. The number of nitrogens with one attached hydrogen (secondary N) is 2. The molecule has 0 saturated carbocycles. The van der Waals surface area contributed by atoms with Gasteiger partial charge in [-0.15, -0.1) is 24.0 Å². The minimum absolute atomic E-state index is 0. The van der Waals surface area contributed by atoms with Gasteiger partial charge in [-0.3, -0.25) is 4.99 Å². The maximum Gasteiger partial charge on any atom is 0.191 e. The Morgan fingerprint density at radius 3 is 2.91 bits per heavy atom. The van der Waals surface area contributed by atoms with Crippen LogP contribution in [0.15, 0.2) is 27.8 Å². The number of nitrogens with zero attached hydrogens (tertiary/aromatic N) is 1. The Balaban J connectivity index is 0.00000242. The predicted octanol–water partition coefficient (Wildman–Crippen LogP) is 2.95. The van der Waals surface area contributed by atoms with E-state index in [-0.39, 0.29) is 30.1 Å². The first-order valence-corrected chi connectivity index (χ1v) is 7.93. The number of hydrogen-bond acceptors (Lipinski definition) is 3.